The number of hydrogen-bond donors (Lipinski definition) is 0. The lowest BCUT2D eigenvalue weighted by atomic mass is 10.3. The Balaban J connectivity index is 2.15. The highest BCUT2D eigenvalue weighted by molar-refractivity contribution is 7.97. The summed E-state index contributed by atoms with van der Waals surface area (Å²) in [7, 11) is -5.74. The normalized spacial score (nSPS) is 12.4. The Morgan fingerprint density at radius 2 is 0.628 bits per heavy atom. The van der Waals surface area contributed by atoms with Gasteiger partial charge in [0.15, 0.2) is 14.7 Å². The van der Waals surface area contributed by atoms with Crippen molar-refractivity contribution < 1.29 is 13.3 Å². The van der Waals surface area contributed by atoms with Gasteiger partial charge in [0.2, 0.25) is 25.0 Å². The van der Waals surface area contributed by atoms with Crippen molar-refractivity contribution in [2.45, 2.75) is 131 Å². The minimum atomic E-state index is -1.80. The third kappa shape index (κ3) is 8.62. The average molecular weight is 654 g/mol. The van der Waals surface area contributed by atoms with Crippen LogP contribution < -0.4 is 13.3 Å². The van der Waals surface area contributed by atoms with E-state index in [2.05, 4.69) is 135 Å². The molecule has 0 bridgehead atoms. The van der Waals surface area contributed by atoms with Gasteiger partial charge in [0.05, 0.1) is 10.9 Å². The standard InChI is InChI=1S/C36H57O3SSi3/c1-10-41(11-2,12-3)37-31-22-19-25-34(28-31)40(35-26-20-23-32(29-35)38-42(13-4,14-5)15-6)36-27-21-24-33(30-36)39-43(16-7,17-8)18-9/h19-30H,10-18H2,1-9H3/q+1. The van der Waals surface area contributed by atoms with Crippen LogP contribution in [0, 0.1) is 0 Å². The van der Waals surface area contributed by atoms with Crippen molar-refractivity contribution >= 4 is 35.8 Å². The van der Waals surface area contributed by atoms with Gasteiger partial charge in [-0.3, -0.25) is 0 Å². The molecular formula is C36H57O3SSi3+. The number of benzene rings is 3. The van der Waals surface area contributed by atoms with E-state index < -0.39 is 25.0 Å². The third-order valence-corrected chi connectivity index (χ3v) is 25.7. The molecule has 3 aromatic carbocycles. The molecule has 0 heterocycles. The highest BCUT2D eigenvalue weighted by Crippen LogP contribution is 2.38. The number of rotatable bonds is 18. The summed E-state index contributed by atoms with van der Waals surface area (Å²) >= 11 is 0. The fourth-order valence-electron chi connectivity index (χ4n) is 6.05. The van der Waals surface area contributed by atoms with Gasteiger partial charge in [-0.05, 0) is 90.8 Å². The predicted molar refractivity (Wildman–Crippen MR) is 195 cm³/mol. The average Bonchev–Trinajstić information content (AvgIpc) is 3.06. The van der Waals surface area contributed by atoms with Crippen molar-refractivity contribution in [3.05, 3.63) is 72.8 Å². The van der Waals surface area contributed by atoms with E-state index in [-0.39, 0.29) is 10.9 Å². The molecule has 0 N–H and O–H groups in total. The van der Waals surface area contributed by atoms with Crippen LogP contribution in [-0.4, -0.2) is 25.0 Å². The largest absolute Gasteiger partial charge is 0.543 e. The van der Waals surface area contributed by atoms with Gasteiger partial charge in [0.1, 0.15) is 17.2 Å². The van der Waals surface area contributed by atoms with E-state index in [1.807, 2.05) is 0 Å². The minimum Gasteiger partial charge on any atom is -0.543 e. The zero-order valence-corrected chi connectivity index (χ0v) is 32.2. The Kier molecular flexibility index (Phi) is 13.5. The van der Waals surface area contributed by atoms with Crippen molar-refractivity contribution in [2.75, 3.05) is 0 Å². The van der Waals surface area contributed by atoms with Gasteiger partial charge >= 0.3 is 0 Å². The first-order valence-electron chi connectivity index (χ1n) is 16.8. The predicted octanol–water partition coefficient (Wildman–Crippen LogP) is 11.9. The van der Waals surface area contributed by atoms with E-state index in [1.165, 1.54) is 14.7 Å². The minimum absolute atomic E-state index is 0.342. The lowest BCUT2D eigenvalue weighted by molar-refractivity contribution is 0.530. The SMILES string of the molecule is CC[Si](CC)(CC)Oc1cccc([S+](c2cccc(O[Si](CC)(CC)CC)c2)c2cccc(O[Si](CC)(CC)CC)c2)c1. The van der Waals surface area contributed by atoms with Crippen LogP contribution in [0.15, 0.2) is 87.5 Å². The van der Waals surface area contributed by atoms with Crippen molar-refractivity contribution in [3.63, 3.8) is 0 Å². The second kappa shape index (κ2) is 16.4. The first kappa shape index (κ1) is 35.5. The van der Waals surface area contributed by atoms with Gasteiger partial charge < -0.3 is 13.3 Å². The van der Waals surface area contributed by atoms with Crippen LogP contribution in [-0.2, 0) is 10.9 Å². The summed E-state index contributed by atoms with van der Waals surface area (Å²) in [5.41, 5.74) is 0. The van der Waals surface area contributed by atoms with Gasteiger partial charge in [0, 0.05) is 18.2 Å². The molecule has 0 aromatic heterocycles. The van der Waals surface area contributed by atoms with Crippen LogP contribution in [0.3, 0.4) is 0 Å². The van der Waals surface area contributed by atoms with E-state index >= 15 is 0 Å². The van der Waals surface area contributed by atoms with Crippen LogP contribution in [0.4, 0.5) is 0 Å². The Labute approximate surface area is 269 Å². The third-order valence-electron chi connectivity index (χ3n) is 9.93. The molecule has 0 aliphatic carbocycles. The highest BCUT2D eigenvalue weighted by Gasteiger charge is 2.36. The van der Waals surface area contributed by atoms with E-state index in [9.17, 15) is 0 Å². The maximum atomic E-state index is 6.88. The summed E-state index contributed by atoms with van der Waals surface area (Å²) in [4.78, 5) is 3.81. The van der Waals surface area contributed by atoms with Gasteiger partial charge in [0.25, 0.3) is 0 Å². The summed E-state index contributed by atoms with van der Waals surface area (Å²) in [6.45, 7) is 20.7. The first-order chi connectivity index (χ1) is 20.7. The quantitative estimate of drug-likeness (QED) is 0.101. The van der Waals surface area contributed by atoms with Crippen LogP contribution in [0.5, 0.6) is 17.2 Å². The van der Waals surface area contributed by atoms with Crippen molar-refractivity contribution in [1.82, 2.24) is 0 Å². The Bertz CT molecular complexity index is 1090. The molecule has 0 aliphatic heterocycles. The molecule has 0 saturated carbocycles. The smallest absolute Gasteiger partial charge is 0.250 e. The molecule has 3 rings (SSSR count). The van der Waals surface area contributed by atoms with Crippen molar-refractivity contribution in [2.24, 2.45) is 0 Å². The summed E-state index contributed by atoms with van der Waals surface area (Å²) in [6.07, 6.45) is 0. The van der Waals surface area contributed by atoms with Crippen molar-refractivity contribution in [1.29, 1.82) is 0 Å². The van der Waals surface area contributed by atoms with Crippen LogP contribution in [0.25, 0.3) is 0 Å². The van der Waals surface area contributed by atoms with Crippen LogP contribution in [0.1, 0.15) is 62.3 Å². The molecule has 7 heteroatoms. The molecular weight excluding hydrogens is 597 g/mol. The molecule has 43 heavy (non-hydrogen) atoms. The molecule has 0 amide bonds. The maximum Gasteiger partial charge on any atom is 0.250 e. The van der Waals surface area contributed by atoms with Crippen molar-refractivity contribution in [3.8, 4) is 17.2 Å². The lowest BCUT2D eigenvalue weighted by Gasteiger charge is -2.29. The van der Waals surface area contributed by atoms with Gasteiger partial charge in [-0.15, -0.1) is 0 Å². The topological polar surface area (TPSA) is 27.7 Å². The van der Waals surface area contributed by atoms with E-state index in [1.54, 1.807) is 0 Å². The molecule has 0 radical (unpaired) electrons. The zero-order chi connectivity index (χ0) is 31.5. The van der Waals surface area contributed by atoms with Gasteiger partial charge in [-0.1, -0.05) is 80.5 Å². The monoisotopic (exact) mass is 653 g/mol. The van der Waals surface area contributed by atoms with E-state index in [4.69, 9.17) is 13.3 Å². The molecule has 3 nitrogen and oxygen atoms in total. The molecule has 0 saturated heterocycles. The molecule has 0 unspecified atom stereocenters. The Hall–Kier alpha value is -1.94. The molecule has 0 spiro atoms. The van der Waals surface area contributed by atoms with Gasteiger partial charge in [-0.25, -0.2) is 0 Å². The first-order valence-corrected chi connectivity index (χ1v) is 25.7. The summed E-state index contributed by atoms with van der Waals surface area (Å²) in [5, 5.41) is 0. The summed E-state index contributed by atoms with van der Waals surface area (Å²) in [6, 6.07) is 36.9. The molecule has 236 valence electrons. The number of hydrogen-bond acceptors (Lipinski definition) is 3. The lowest BCUT2D eigenvalue weighted by Crippen LogP contribution is -2.39. The highest BCUT2D eigenvalue weighted by atomic mass is 32.2. The summed E-state index contributed by atoms with van der Waals surface area (Å²) in [5.74, 6) is 3.03. The van der Waals surface area contributed by atoms with E-state index in [0.29, 0.717) is 0 Å². The Morgan fingerprint density at radius 1 is 0.395 bits per heavy atom. The van der Waals surface area contributed by atoms with Crippen LogP contribution >= 0.6 is 0 Å². The molecule has 0 aliphatic rings. The van der Waals surface area contributed by atoms with Gasteiger partial charge in [-0.2, -0.15) is 0 Å². The summed E-state index contributed by atoms with van der Waals surface area (Å²) < 4.78 is 20.7. The zero-order valence-electron chi connectivity index (χ0n) is 28.4. The second-order valence-electron chi connectivity index (χ2n) is 11.8. The molecule has 3 aromatic rings. The Morgan fingerprint density at radius 3 is 0.837 bits per heavy atom. The second-order valence-corrected chi connectivity index (χ2v) is 27.9. The van der Waals surface area contributed by atoms with Crippen LogP contribution in [0.2, 0.25) is 54.4 Å². The maximum absolute atomic E-state index is 6.88. The fraction of sp³-hybridized carbons (Fsp3) is 0.500. The fourth-order valence-corrected chi connectivity index (χ4v) is 15.9. The van der Waals surface area contributed by atoms with E-state index in [0.717, 1.165) is 71.6 Å². The molecule has 0 fully saturated rings. The molecule has 0 atom stereocenters.